The lowest BCUT2D eigenvalue weighted by atomic mass is 9.98. The number of halogens is 1. The zero-order valence-corrected chi connectivity index (χ0v) is 13.7. The van der Waals surface area contributed by atoms with E-state index in [2.05, 4.69) is 53.0 Å². The highest BCUT2D eigenvalue weighted by Gasteiger charge is 2.09. The van der Waals surface area contributed by atoms with E-state index in [9.17, 15) is 0 Å². The van der Waals surface area contributed by atoms with E-state index in [4.69, 9.17) is 5.73 Å². The first kappa shape index (κ1) is 14.0. The predicted octanol–water partition coefficient (Wildman–Crippen LogP) is 5.18. The summed E-state index contributed by atoms with van der Waals surface area (Å²) in [6.07, 6.45) is 0. The second-order valence-corrected chi connectivity index (χ2v) is 6.71. The van der Waals surface area contributed by atoms with Crippen molar-refractivity contribution < 1.29 is 0 Å². The number of nitrogen functional groups attached to an aromatic ring is 1. The molecule has 1 nitrogen and oxygen atoms in total. The van der Waals surface area contributed by atoms with Crippen molar-refractivity contribution >= 4 is 30.9 Å². The third kappa shape index (κ3) is 2.90. The molecule has 0 atom stereocenters. The molecule has 3 aromatic rings. The van der Waals surface area contributed by atoms with Gasteiger partial charge in [-0.2, -0.15) is 0 Å². The van der Waals surface area contributed by atoms with Crippen LogP contribution in [0.5, 0.6) is 0 Å². The number of benzene rings is 3. The van der Waals surface area contributed by atoms with Crippen LogP contribution in [0.15, 0.2) is 72.8 Å². The van der Waals surface area contributed by atoms with Crippen LogP contribution in [0.25, 0.3) is 22.3 Å². The van der Waals surface area contributed by atoms with Gasteiger partial charge in [0, 0.05) is 9.13 Å². The normalized spacial score (nSPS) is 10.5. The standard InChI is InChI=1S/C19H16IN/c1-20-18-13-16(14-8-4-2-5-9-14)12-17(19(18)21)15-10-6-3-7-11-15/h2-13H,1,21H2. The van der Waals surface area contributed by atoms with Gasteiger partial charge < -0.3 is 5.73 Å². The summed E-state index contributed by atoms with van der Waals surface area (Å²) in [5.41, 5.74) is 11.9. The molecule has 0 aromatic heterocycles. The second-order valence-electron chi connectivity index (χ2n) is 4.78. The molecular formula is C19H16IN. The van der Waals surface area contributed by atoms with Crippen LogP contribution in [0, 0.1) is 3.57 Å². The molecule has 0 heterocycles. The monoisotopic (exact) mass is 385 g/mol. The summed E-state index contributed by atoms with van der Waals surface area (Å²) >= 11 is -0.305. The van der Waals surface area contributed by atoms with Crippen molar-refractivity contribution in [2.24, 2.45) is 0 Å². The van der Waals surface area contributed by atoms with E-state index < -0.39 is 0 Å². The molecule has 0 radical (unpaired) electrons. The molecule has 0 amide bonds. The SMILES string of the molecule is C=Ic1cc(-c2ccccc2)cc(-c2ccccc2)c1N. The number of rotatable bonds is 3. The quantitative estimate of drug-likeness (QED) is 0.488. The maximum Gasteiger partial charge on any atom is 0.0525 e. The molecule has 0 saturated carbocycles. The Morgan fingerprint density at radius 1 is 0.714 bits per heavy atom. The first-order chi connectivity index (χ1) is 10.3. The molecule has 2 heteroatoms. The van der Waals surface area contributed by atoms with E-state index in [1.54, 1.807) is 0 Å². The van der Waals surface area contributed by atoms with E-state index in [1.165, 1.54) is 14.7 Å². The highest BCUT2D eigenvalue weighted by atomic mass is 127. The largest absolute Gasteiger partial charge is 0.397 e. The minimum Gasteiger partial charge on any atom is -0.397 e. The molecule has 0 unspecified atom stereocenters. The van der Waals surface area contributed by atoms with Crippen molar-refractivity contribution in [1.82, 2.24) is 0 Å². The molecule has 0 saturated heterocycles. The Kier molecular flexibility index (Phi) is 4.15. The second kappa shape index (κ2) is 6.22. The zero-order valence-electron chi connectivity index (χ0n) is 11.6. The maximum absolute atomic E-state index is 6.36. The summed E-state index contributed by atoms with van der Waals surface area (Å²) in [5, 5.41) is 0. The fraction of sp³-hybridized carbons (Fsp3) is 0. The van der Waals surface area contributed by atoms with Crippen LogP contribution in [0.4, 0.5) is 5.69 Å². The number of nitrogens with two attached hydrogens (primary N) is 1. The minimum atomic E-state index is -0.305. The lowest BCUT2D eigenvalue weighted by Gasteiger charge is -2.12. The van der Waals surface area contributed by atoms with Crippen molar-refractivity contribution in [3.8, 4) is 22.3 Å². The van der Waals surface area contributed by atoms with E-state index >= 15 is 0 Å². The number of anilines is 1. The van der Waals surface area contributed by atoms with Gasteiger partial charge in [0.15, 0.2) is 0 Å². The third-order valence-electron chi connectivity index (χ3n) is 3.47. The van der Waals surface area contributed by atoms with Crippen LogP contribution in [0.1, 0.15) is 0 Å². The highest BCUT2D eigenvalue weighted by Crippen LogP contribution is 2.35. The summed E-state index contributed by atoms with van der Waals surface area (Å²) in [7, 11) is 0. The Bertz CT molecular complexity index is 764. The summed E-state index contributed by atoms with van der Waals surface area (Å²) in [4.78, 5) is 0. The van der Waals surface area contributed by atoms with Crippen molar-refractivity contribution in [2.75, 3.05) is 5.73 Å². The van der Waals surface area contributed by atoms with E-state index in [0.29, 0.717) is 0 Å². The molecule has 0 bridgehead atoms. The van der Waals surface area contributed by atoms with Crippen LogP contribution in [0.3, 0.4) is 0 Å². The van der Waals surface area contributed by atoms with Gasteiger partial charge in [0.1, 0.15) is 0 Å². The number of hydrogen-bond donors (Lipinski definition) is 1. The summed E-state index contributed by atoms with van der Waals surface area (Å²) in [6.45, 7) is 0. The van der Waals surface area contributed by atoms with Crippen molar-refractivity contribution in [1.29, 1.82) is 0 Å². The third-order valence-corrected chi connectivity index (χ3v) is 5.18. The fourth-order valence-electron chi connectivity index (χ4n) is 2.38. The average molecular weight is 385 g/mol. The van der Waals surface area contributed by atoms with E-state index in [-0.39, 0.29) is 20.7 Å². The van der Waals surface area contributed by atoms with Gasteiger partial charge in [-0.25, -0.2) is 0 Å². The minimum absolute atomic E-state index is 0.305. The van der Waals surface area contributed by atoms with Gasteiger partial charge in [-0.05, 0) is 28.8 Å². The molecule has 0 aliphatic heterocycles. The van der Waals surface area contributed by atoms with Gasteiger partial charge in [0.25, 0.3) is 0 Å². The molecule has 0 spiro atoms. The van der Waals surface area contributed by atoms with Gasteiger partial charge in [0.2, 0.25) is 0 Å². The smallest absolute Gasteiger partial charge is 0.0525 e. The molecule has 0 aliphatic rings. The molecule has 21 heavy (non-hydrogen) atoms. The van der Waals surface area contributed by atoms with Crippen LogP contribution in [-0.2, 0) is 0 Å². The van der Waals surface area contributed by atoms with Crippen LogP contribution >= 0.6 is 20.7 Å². The van der Waals surface area contributed by atoms with E-state index in [1.807, 2.05) is 24.3 Å². The first-order valence-electron chi connectivity index (χ1n) is 6.72. The van der Waals surface area contributed by atoms with Crippen LogP contribution in [-0.4, -0.2) is 4.51 Å². The average Bonchev–Trinajstić information content (AvgIpc) is 2.56. The Labute approximate surface area is 135 Å². The summed E-state index contributed by atoms with van der Waals surface area (Å²) in [6, 6.07) is 25.1. The Balaban J connectivity index is 2.23. The lowest BCUT2D eigenvalue weighted by Crippen LogP contribution is -1.95. The van der Waals surface area contributed by atoms with Crippen molar-refractivity contribution in [3.05, 3.63) is 76.4 Å². The molecule has 0 aliphatic carbocycles. The Morgan fingerprint density at radius 3 is 1.86 bits per heavy atom. The Hall–Kier alpha value is -1.94. The van der Waals surface area contributed by atoms with Crippen molar-refractivity contribution in [3.63, 3.8) is 0 Å². The Morgan fingerprint density at radius 2 is 1.29 bits per heavy atom. The molecule has 104 valence electrons. The van der Waals surface area contributed by atoms with Gasteiger partial charge >= 0.3 is 0 Å². The maximum atomic E-state index is 6.36. The highest BCUT2D eigenvalue weighted by molar-refractivity contribution is 14.2. The van der Waals surface area contributed by atoms with Crippen LogP contribution < -0.4 is 5.73 Å². The topological polar surface area (TPSA) is 26.0 Å². The molecule has 3 rings (SSSR count). The molecule has 0 fully saturated rings. The fourth-order valence-corrected chi connectivity index (χ4v) is 3.64. The van der Waals surface area contributed by atoms with Gasteiger partial charge in [-0.1, -0.05) is 85.9 Å². The zero-order chi connectivity index (χ0) is 14.7. The van der Waals surface area contributed by atoms with Crippen LogP contribution in [0.2, 0.25) is 0 Å². The van der Waals surface area contributed by atoms with E-state index in [0.717, 1.165) is 16.8 Å². The molecular weight excluding hydrogens is 369 g/mol. The summed E-state index contributed by atoms with van der Waals surface area (Å²) in [5.74, 6) is 0. The van der Waals surface area contributed by atoms with Gasteiger partial charge in [0.05, 0.1) is 5.69 Å². The molecule has 3 aromatic carbocycles. The first-order valence-corrected chi connectivity index (χ1v) is 9.33. The van der Waals surface area contributed by atoms with Crippen molar-refractivity contribution in [2.45, 2.75) is 0 Å². The molecule has 2 N–H and O–H groups in total. The predicted molar refractivity (Wildman–Crippen MR) is 102 cm³/mol. The van der Waals surface area contributed by atoms with Gasteiger partial charge in [-0.15, -0.1) is 0 Å². The van der Waals surface area contributed by atoms with Gasteiger partial charge in [-0.3, -0.25) is 0 Å². The number of hydrogen-bond acceptors (Lipinski definition) is 1. The lowest BCUT2D eigenvalue weighted by molar-refractivity contribution is 1.55. The summed E-state index contributed by atoms with van der Waals surface area (Å²) < 4.78 is 5.32.